The van der Waals surface area contributed by atoms with Crippen molar-refractivity contribution in [1.82, 2.24) is 5.32 Å². The molecule has 0 fully saturated rings. The van der Waals surface area contributed by atoms with Gasteiger partial charge in [-0.25, -0.2) is 0 Å². The summed E-state index contributed by atoms with van der Waals surface area (Å²) in [7, 11) is 1.41. The highest BCUT2D eigenvalue weighted by molar-refractivity contribution is 7.14. The van der Waals surface area contributed by atoms with E-state index in [2.05, 4.69) is 10.6 Å². The van der Waals surface area contributed by atoms with E-state index >= 15 is 0 Å². The summed E-state index contributed by atoms with van der Waals surface area (Å²) in [6.07, 6.45) is 0. The summed E-state index contributed by atoms with van der Waals surface area (Å²) in [4.78, 5) is 21.6. The fourth-order valence-corrected chi connectivity index (χ4v) is 1.24. The number of nitrogens with one attached hydrogen (secondary N) is 2. The lowest BCUT2D eigenvalue weighted by Gasteiger charge is -1.98. The maximum absolute atomic E-state index is 10.9. The predicted molar refractivity (Wildman–Crippen MR) is 47.0 cm³/mol. The van der Waals surface area contributed by atoms with Gasteiger partial charge in [-0.15, -0.1) is 11.3 Å². The van der Waals surface area contributed by atoms with Crippen molar-refractivity contribution in [3.63, 3.8) is 0 Å². The zero-order chi connectivity index (χ0) is 8.97. The van der Waals surface area contributed by atoms with Crippen molar-refractivity contribution in [1.29, 1.82) is 0 Å². The summed E-state index contributed by atoms with van der Waals surface area (Å²) in [5.41, 5.74) is 0. The van der Waals surface area contributed by atoms with E-state index in [4.69, 9.17) is 0 Å². The minimum atomic E-state index is -0.639. The number of likely N-dealkylation sites (N-methyl/N-ethyl adjacent to an activating group) is 1. The van der Waals surface area contributed by atoms with Crippen molar-refractivity contribution < 1.29 is 9.59 Å². The highest BCUT2D eigenvalue weighted by atomic mass is 32.1. The Labute approximate surface area is 73.6 Å². The highest BCUT2D eigenvalue weighted by Crippen LogP contribution is 2.14. The van der Waals surface area contributed by atoms with Gasteiger partial charge in [-0.1, -0.05) is 0 Å². The summed E-state index contributed by atoms with van der Waals surface area (Å²) < 4.78 is 0. The van der Waals surface area contributed by atoms with E-state index in [-0.39, 0.29) is 0 Å². The molecule has 1 heterocycles. The number of hydrogen-bond acceptors (Lipinski definition) is 3. The van der Waals surface area contributed by atoms with E-state index in [0.29, 0.717) is 5.00 Å². The molecule has 2 amide bonds. The molecule has 1 aromatic heterocycles. The van der Waals surface area contributed by atoms with Gasteiger partial charge in [0.1, 0.15) is 0 Å². The molecule has 0 saturated carbocycles. The molecule has 2 N–H and O–H groups in total. The van der Waals surface area contributed by atoms with Crippen molar-refractivity contribution in [2.75, 3.05) is 12.4 Å². The third-order valence-electron chi connectivity index (χ3n) is 1.19. The summed E-state index contributed by atoms with van der Waals surface area (Å²) >= 11 is 1.37. The van der Waals surface area contributed by atoms with Gasteiger partial charge in [0.05, 0.1) is 5.00 Å². The molecule has 4 nitrogen and oxygen atoms in total. The van der Waals surface area contributed by atoms with Crippen LogP contribution in [0, 0.1) is 0 Å². The topological polar surface area (TPSA) is 58.2 Å². The van der Waals surface area contributed by atoms with Gasteiger partial charge in [0.2, 0.25) is 0 Å². The fraction of sp³-hybridized carbons (Fsp3) is 0.143. The van der Waals surface area contributed by atoms with Crippen LogP contribution in [0.5, 0.6) is 0 Å². The molecule has 0 unspecified atom stereocenters. The van der Waals surface area contributed by atoms with Crippen LogP contribution in [-0.2, 0) is 9.59 Å². The standard InChI is InChI=1S/C7H8N2O2S/c1-8-6(10)7(11)9-5-3-2-4-12-5/h2-4H,1H3,(H,8,10)(H,9,11). The minimum Gasteiger partial charge on any atom is -0.351 e. The van der Waals surface area contributed by atoms with Crippen molar-refractivity contribution in [3.05, 3.63) is 17.5 Å². The van der Waals surface area contributed by atoms with Crippen LogP contribution in [-0.4, -0.2) is 18.9 Å². The lowest BCUT2D eigenvalue weighted by Crippen LogP contribution is -2.32. The highest BCUT2D eigenvalue weighted by Gasteiger charge is 2.10. The number of thiophene rings is 1. The van der Waals surface area contributed by atoms with Crippen molar-refractivity contribution in [2.45, 2.75) is 0 Å². The molecule has 1 aromatic rings. The van der Waals surface area contributed by atoms with E-state index in [0.717, 1.165) is 0 Å². The molecule has 0 aliphatic rings. The zero-order valence-corrected chi connectivity index (χ0v) is 7.27. The van der Waals surface area contributed by atoms with E-state index in [1.165, 1.54) is 18.4 Å². The lowest BCUT2D eigenvalue weighted by molar-refractivity contribution is -0.135. The number of hydrogen-bond donors (Lipinski definition) is 2. The van der Waals surface area contributed by atoms with E-state index in [1.54, 1.807) is 12.1 Å². The summed E-state index contributed by atoms with van der Waals surface area (Å²) in [6, 6.07) is 3.52. The van der Waals surface area contributed by atoms with Crippen LogP contribution in [0.1, 0.15) is 0 Å². The molecule has 0 saturated heterocycles. The maximum Gasteiger partial charge on any atom is 0.314 e. The molecular formula is C7H8N2O2S. The Bertz CT molecular complexity index is 282. The number of carbonyl (C=O) groups excluding carboxylic acids is 2. The Morgan fingerprint density at radius 3 is 2.67 bits per heavy atom. The van der Waals surface area contributed by atoms with Gasteiger partial charge < -0.3 is 10.6 Å². The second-order valence-electron chi connectivity index (χ2n) is 2.01. The quantitative estimate of drug-likeness (QED) is 0.622. The van der Waals surface area contributed by atoms with Crippen LogP contribution in [0.25, 0.3) is 0 Å². The van der Waals surface area contributed by atoms with Gasteiger partial charge in [-0.2, -0.15) is 0 Å². The molecule has 1 rings (SSSR count). The third kappa shape index (κ3) is 2.06. The molecule has 0 aliphatic heterocycles. The van der Waals surface area contributed by atoms with Gasteiger partial charge in [-0.05, 0) is 17.5 Å². The normalized spacial score (nSPS) is 9.08. The van der Waals surface area contributed by atoms with Crippen LogP contribution in [0.15, 0.2) is 17.5 Å². The van der Waals surface area contributed by atoms with Crippen molar-refractivity contribution in [2.24, 2.45) is 0 Å². The Balaban J connectivity index is 2.53. The van der Waals surface area contributed by atoms with Crippen LogP contribution in [0.2, 0.25) is 0 Å². The van der Waals surface area contributed by atoms with Crippen molar-refractivity contribution >= 4 is 28.2 Å². The molecule has 5 heteroatoms. The monoisotopic (exact) mass is 184 g/mol. The van der Waals surface area contributed by atoms with Crippen LogP contribution in [0.4, 0.5) is 5.00 Å². The Kier molecular flexibility index (Phi) is 2.82. The molecule has 12 heavy (non-hydrogen) atoms. The number of amides is 2. The Hall–Kier alpha value is -1.36. The second kappa shape index (κ2) is 3.87. The van der Waals surface area contributed by atoms with Crippen LogP contribution < -0.4 is 10.6 Å². The molecule has 0 bridgehead atoms. The molecule has 64 valence electrons. The van der Waals surface area contributed by atoms with E-state index in [1.807, 2.05) is 5.38 Å². The first-order valence-corrected chi connectivity index (χ1v) is 4.18. The second-order valence-corrected chi connectivity index (χ2v) is 2.96. The average Bonchev–Trinajstić information content (AvgIpc) is 2.55. The average molecular weight is 184 g/mol. The van der Waals surface area contributed by atoms with Gasteiger partial charge in [0.15, 0.2) is 0 Å². The zero-order valence-electron chi connectivity index (χ0n) is 6.46. The number of rotatable bonds is 1. The Morgan fingerprint density at radius 2 is 2.17 bits per heavy atom. The molecule has 0 spiro atoms. The molecule has 0 radical (unpaired) electrons. The summed E-state index contributed by atoms with van der Waals surface area (Å²) in [5.74, 6) is -1.27. The lowest BCUT2D eigenvalue weighted by atomic mass is 10.5. The number of anilines is 1. The first-order valence-electron chi connectivity index (χ1n) is 3.30. The first-order chi connectivity index (χ1) is 5.74. The minimum absolute atomic E-state index is 0.636. The first kappa shape index (κ1) is 8.73. The third-order valence-corrected chi connectivity index (χ3v) is 1.98. The smallest absolute Gasteiger partial charge is 0.314 e. The van der Waals surface area contributed by atoms with Gasteiger partial charge in [0.25, 0.3) is 0 Å². The SMILES string of the molecule is CNC(=O)C(=O)Nc1cccs1. The van der Waals surface area contributed by atoms with Crippen molar-refractivity contribution in [3.8, 4) is 0 Å². The number of carbonyl (C=O) groups is 2. The molecule has 0 aromatic carbocycles. The fourth-order valence-electron chi connectivity index (χ4n) is 0.632. The summed E-state index contributed by atoms with van der Waals surface area (Å²) in [5, 5.41) is 7.16. The van der Waals surface area contributed by atoms with Crippen LogP contribution >= 0.6 is 11.3 Å². The largest absolute Gasteiger partial charge is 0.351 e. The Morgan fingerprint density at radius 1 is 1.42 bits per heavy atom. The predicted octanol–water partition coefficient (Wildman–Crippen LogP) is 0.433. The molecular weight excluding hydrogens is 176 g/mol. The van der Waals surface area contributed by atoms with E-state index in [9.17, 15) is 9.59 Å². The van der Waals surface area contributed by atoms with Gasteiger partial charge in [0, 0.05) is 7.05 Å². The summed E-state index contributed by atoms with van der Waals surface area (Å²) in [6.45, 7) is 0. The molecule has 0 atom stereocenters. The van der Waals surface area contributed by atoms with E-state index < -0.39 is 11.8 Å². The van der Waals surface area contributed by atoms with Gasteiger partial charge in [-0.3, -0.25) is 9.59 Å². The maximum atomic E-state index is 10.9. The molecule has 0 aliphatic carbocycles. The van der Waals surface area contributed by atoms with Gasteiger partial charge >= 0.3 is 11.8 Å². The van der Waals surface area contributed by atoms with Crippen LogP contribution in [0.3, 0.4) is 0 Å².